The van der Waals surface area contributed by atoms with Gasteiger partial charge in [-0.2, -0.15) is 0 Å². The number of hydrogen-bond acceptors (Lipinski definition) is 3. The molecule has 2 aromatic rings. The number of amides is 1. The van der Waals surface area contributed by atoms with E-state index >= 15 is 0 Å². The van der Waals surface area contributed by atoms with Crippen molar-refractivity contribution >= 4 is 15.9 Å². The lowest BCUT2D eigenvalue weighted by Gasteiger charge is -2.19. The molecule has 0 radical (unpaired) electrons. The van der Waals surface area contributed by atoms with E-state index in [1.165, 1.54) is 17.6 Å². The highest BCUT2D eigenvalue weighted by Gasteiger charge is 2.22. The van der Waals surface area contributed by atoms with E-state index in [0.717, 1.165) is 11.1 Å². The van der Waals surface area contributed by atoms with Gasteiger partial charge in [0.2, 0.25) is 15.9 Å². The van der Waals surface area contributed by atoms with Gasteiger partial charge in [0.1, 0.15) is 0 Å². The van der Waals surface area contributed by atoms with Gasteiger partial charge in [0.05, 0.1) is 12.2 Å². The Labute approximate surface area is 149 Å². The monoisotopic (exact) mass is 360 g/mol. The van der Waals surface area contributed by atoms with Crippen LogP contribution in [0.25, 0.3) is 0 Å². The summed E-state index contributed by atoms with van der Waals surface area (Å²) >= 11 is 0. The first-order valence-corrected chi connectivity index (χ1v) is 10.0. The molecule has 134 valence electrons. The van der Waals surface area contributed by atoms with Crippen LogP contribution in [0, 0.1) is 0 Å². The van der Waals surface area contributed by atoms with Crippen LogP contribution in [-0.4, -0.2) is 45.0 Å². The summed E-state index contributed by atoms with van der Waals surface area (Å²) in [4.78, 5) is 12.7. The summed E-state index contributed by atoms with van der Waals surface area (Å²) in [7, 11) is -1.65. The molecule has 0 spiro atoms. The van der Waals surface area contributed by atoms with E-state index in [1.807, 2.05) is 60.7 Å². The molecule has 5 nitrogen and oxygen atoms in total. The predicted octanol–water partition coefficient (Wildman–Crippen LogP) is 2.22. The van der Waals surface area contributed by atoms with Gasteiger partial charge in [-0.15, -0.1) is 0 Å². The number of rotatable bonds is 8. The van der Waals surface area contributed by atoms with Crippen molar-refractivity contribution in [2.24, 2.45) is 0 Å². The highest BCUT2D eigenvalue weighted by molar-refractivity contribution is 7.88. The maximum atomic E-state index is 12.7. The van der Waals surface area contributed by atoms with Gasteiger partial charge < -0.3 is 5.32 Å². The Morgan fingerprint density at radius 1 is 1.00 bits per heavy atom. The maximum Gasteiger partial charge on any atom is 0.232 e. The van der Waals surface area contributed by atoms with Gasteiger partial charge in [0, 0.05) is 20.1 Å². The van der Waals surface area contributed by atoms with E-state index in [0.29, 0.717) is 19.5 Å². The molecule has 0 fully saturated rings. The van der Waals surface area contributed by atoms with Crippen molar-refractivity contribution in [1.82, 2.24) is 9.62 Å². The van der Waals surface area contributed by atoms with E-state index in [-0.39, 0.29) is 11.8 Å². The minimum Gasteiger partial charge on any atom is -0.355 e. The minimum atomic E-state index is -3.19. The largest absolute Gasteiger partial charge is 0.355 e. The lowest BCUT2D eigenvalue weighted by molar-refractivity contribution is -0.121. The topological polar surface area (TPSA) is 66.5 Å². The third kappa shape index (κ3) is 5.69. The molecule has 0 aromatic heterocycles. The first-order valence-electron chi connectivity index (χ1n) is 8.18. The Morgan fingerprint density at radius 3 is 1.92 bits per heavy atom. The van der Waals surface area contributed by atoms with Crippen LogP contribution in [-0.2, 0) is 14.8 Å². The zero-order valence-corrected chi connectivity index (χ0v) is 15.4. The zero-order chi connectivity index (χ0) is 18.3. The van der Waals surface area contributed by atoms with Crippen molar-refractivity contribution < 1.29 is 13.2 Å². The van der Waals surface area contributed by atoms with Gasteiger partial charge in [-0.3, -0.25) is 4.79 Å². The van der Waals surface area contributed by atoms with Crippen LogP contribution < -0.4 is 5.32 Å². The molecule has 0 aliphatic carbocycles. The molecule has 0 saturated carbocycles. The number of benzene rings is 2. The molecule has 0 unspecified atom stereocenters. The average Bonchev–Trinajstić information content (AvgIpc) is 2.60. The molecular formula is C19H24N2O3S. The highest BCUT2D eigenvalue weighted by atomic mass is 32.2. The maximum absolute atomic E-state index is 12.7. The first kappa shape index (κ1) is 19.1. The quantitative estimate of drug-likeness (QED) is 0.734. The van der Waals surface area contributed by atoms with Crippen LogP contribution >= 0.6 is 0 Å². The van der Waals surface area contributed by atoms with E-state index in [4.69, 9.17) is 0 Å². The predicted molar refractivity (Wildman–Crippen MR) is 99.8 cm³/mol. The number of sulfonamides is 1. The summed E-state index contributed by atoms with van der Waals surface area (Å²) in [6, 6.07) is 19.3. The lowest BCUT2D eigenvalue weighted by atomic mass is 9.90. The van der Waals surface area contributed by atoms with E-state index in [1.54, 1.807) is 0 Å². The normalized spacial score (nSPS) is 11.7. The van der Waals surface area contributed by atoms with Crippen LogP contribution in [0.2, 0.25) is 0 Å². The van der Waals surface area contributed by atoms with Crippen LogP contribution in [0.4, 0.5) is 0 Å². The third-order valence-corrected chi connectivity index (χ3v) is 5.36. The molecule has 0 heterocycles. The fraction of sp³-hybridized carbons (Fsp3) is 0.316. The summed E-state index contributed by atoms with van der Waals surface area (Å²) < 4.78 is 24.0. The van der Waals surface area contributed by atoms with Gasteiger partial charge >= 0.3 is 0 Å². The van der Waals surface area contributed by atoms with Gasteiger partial charge in [-0.05, 0) is 17.5 Å². The van der Waals surface area contributed by atoms with Crippen LogP contribution in [0.15, 0.2) is 60.7 Å². The van der Waals surface area contributed by atoms with Crippen molar-refractivity contribution in [2.75, 3.05) is 26.4 Å². The number of nitrogens with zero attached hydrogens (tertiary/aromatic N) is 1. The number of hydrogen-bond donors (Lipinski definition) is 1. The molecule has 0 saturated heterocycles. The van der Waals surface area contributed by atoms with Gasteiger partial charge in [-0.25, -0.2) is 12.7 Å². The smallest absolute Gasteiger partial charge is 0.232 e. The van der Waals surface area contributed by atoms with Crippen molar-refractivity contribution in [2.45, 2.75) is 12.3 Å². The minimum absolute atomic E-state index is 0.0839. The molecule has 2 aromatic carbocycles. The Kier molecular flexibility index (Phi) is 6.73. The second-order valence-electron chi connectivity index (χ2n) is 5.98. The van der Waals surface area contributed by atoms with Crippen molar-refractivity contribution in [3.63, 3.8) is 0 Å². The van der Waals surface area contributed by atoms with Crippen molar-refractivity contribution in [3.8, 4) is 0 Å². The van der Waals surface area contributed by atoms with E-state index in [9.17, 15) is 13.2 Å². The standard InChI is InChI=1S/C19H24N2O3S/c1-21(25(2,23)24)15-9-14-20-19(22)18(16-10-5-3-6-11-16)17-12-7-4-8-13-17/h3-8,10-13,18H,9,14-15H2,1-2H3,(H,20,22). The Morgan fingerprint density at radius 2 is 1.48 bits per heavy atom. The molecule has 0 aliphatic rings. The molecule has 2 rings (SSSR count). The first-order chi connectivity index (χ1) is 11.9. The van der Waals surface area contributed by atoms with Crippen LogP contribution in [0.5, 0.6) is 0 Å². The van der Waals surface area contributed by atoms with E-state index in [2.05, 4.69) is 5.32 Å². The molecule has 25 heavy (non-hydrogen) atoms. The summed E-state index contributed by atoms with van der Waals surface area (Å²) in [5, 5.41) is 2.93. The molecule has 6 heteroatoms. The lowest BCUT2D eigenvalue weighted by Crippen LogP contribution is -2.33. The molecule has 1 N–H and O–H groups in total. The molecule has 1 amide bonds. The van der Waals surface area contributed by atoms with Gasteiger partial charge in [0.25, 0.3) is 0 Å². The number of carbonyl (C=O) groups is 1. The van der Waals surface area contributed by atoms with Gasteiger partial charge in [-0.1, -0.05) is 60.7 Å². The van der Waals surface area contributed by atoms with Crippen molar-refractivity contribution in [1.29, 1.82) is 0 Å². The number of nitrogens with one attached hydrogen (secondary N) is 1. The second-order valence-corrected chi connectivity index (χ2v) is 8.07. The van der Waals surface area contributed by atoms with Gasteiger partial charge in [0.15, 0.2) is 0 Å². The Hall–Kier alpha value is -2.18. The SMILES string of the molecule is CN(CCCNC(=O)C(c1ccccc1)c1ccccc1)S(C)(=O)=O. The summed E-state index contributed by atoms with van der Waals surface area (Å²) in [6.45, 7) is 0.801. The Bertz CT molecular complexity index is 737. The zero-order valence-electron chi connectivity index (χ0n) is 14.6. The molecule has 0 aliphatic heterocycles. The average molecular weight is 360 g/mol. The molecule has 0 bridgehead atoms. The third-order valence-electron chi connectivity index (χ3n) is 4.04. The summed E-state index contributed by atoms with van der Waals surface area (Å²) in [6.07, 6.45) is 1.73. The van der Waals surface area contributed by atoms with Crippen LogP contribution in [0.1, 0.15) is 23.5 Å². The highest BCUT2D eigenvalue weighted by Crippen LogP contribution is 2.24. The summed E-state index contributed by atoms with van der Waals surface area (Å²) in [5.41, 5.74) is 1.86. The Balaban J connectivity index is 2.02. The fourth-order valence-electron chi connectivity index (χ4n) is 2.57. The van der Waals surface area contributed by atoms with E-state index < -0.39 is 10.0 Å². The number of carbonyl (C=O) groups excluding carboxylic acids is 1. The molecular weight excluding hydrogens is 336 g/mol. The second kappa shape index (κ2) is 8.78. The summed E-state index contributed by atoms with van der Waals surface area (Å²) in [5.74, 6) is -0.463. The van der Waals surface area contributed by atoms with Crippen molar-refractivity contribution in [3.05, 3.63) is 71.8 Å². The fourth-order valence-corrected chi connectivity index (χ4v) is 3.03. The molecule has 0 atom stereocenters. The van der Waals surface area contributed by atoms with Crippen LogP contribution in [0.3, 0.4) is 0 Å².